The van der Waals surface area contributed by atoms with Gasteiger partial charge in [-0.05, 0) is 35.0 Å². The molecular formula is C10H13N9. The molecule has 1 aromatic heterocycles. The zero-order valence-corrected chi connectivity index (χ0v) is 10.2. The van der Waals surface area contributed by atoms with Gasteiger partial charge < -0.3 is 17.2 Å². The number of aryl methyl sites for hydroxylation is 1. The maximum atomic E-state index is 5.60. The summed E-state index contributed by atoms with van der Waals surface area (Å²) >= 11 is 0. The fraction of sp³-hybridized carbons (Fsp3) is 0.100. The van der Waals surface area contributed by atoms with E-state index in [1.807, 2.05) is 19.1 Å². The number of nitrogens with two attached hydrogens (primary N) is 3. The monoisotopic (exact) mass is 259 g/mol. The Labute approximate surface area is 108 Å². The molecule has 0 bridgehead atoms. The largest absolute Gasteiger partial charge is 0.370 e. The van der Waals surface area contributed by atoms with E-state index >= 15 is 0 Å². The molecule has 0 fully saturated rings. The quantitative estimate of drug-likeness (QED) is 0.474. The molecule has 1 aromatic carbocycles. The lowest BCUT2D eigenvalue weighted by Crippen LogP contribution is -2.26. The van der Waals surface area contributed by atoms with Gasteiger partial charge in [0.2, 0.25) is 5.96 Å². The minimum Gasteiger partial charge on any atom is -0.370 e. The molecule has 19 heavy (non-hydrogen) atoms. The van der Waals surface area contributed by atoms with E-state index in [9.17, 15) is 0 Å². The number of guanidine groups is 2. The number of benzene rings is 1. The van der Waals surface area contributed by atoms with Crippen LogP contribution in [0.3, 0.4) is 0 Å². The summed E-state index contributed by atoms with van der Waals surface area (Å²) in [4.78, 5) is 7.79. The van der Waals surface area contributed by atoms with Gasteiger partial charge in [0.1, 0.15) is 6.33 Å². The number of nitrogens with zero attached hydrogens (tertiary/aromatic N) is 6. The first kappa shape index (κ1) is 12.5. The molecule has 0 radical (unpaired) electrons. The first-order chi connectivity index (χ1) is 9.06. The van der Waals surface area contributed by atoms with Crippen molar-refractivity contribution in [1.82, 2.24) is 20.2 Å². The first-order valence-electron chi connectivity index (χ1n) is 5.34. The van der Waals surface area contributed by atoms with Gasteiger partial charge in [0.25, 0.3) is 0 Å². The molecule has 0 aliphatic carbocycles. The highest BCUT2D eigenvalue weighted by Crippen LogP contribution is 2.21. The van der Waals surface area contributed by atoms with Gasteiger partial charge in [-0.15, -0.1) is 5.10 Å². The van der Waals surface area contributed by atoms with Crippen LogP contribution in [0.15, 0.2) is 34.5 Å². The Morgan fingerprint density at radius 1 is 1.26 bits per heavy atom. The van der Waals surface area contributed by atoms with E-state index in [1.54, 1.807) is 6.07 Å². The lowest BCUT2D eigenvalue weighted by Gasteiger charge is -2.04. The highest BCUT2D eigenvalue weighted by atomic mass is 15.5. The molecule has 2 aromatic rings. The molecule has 0 spiro atoms. The van der Waals surface area contributed by atoms with E-state index in [-0.39, 0.29) is 11.9 Å². The van der Waals surface area contributed by atoms with Crippen LogP contribution in [0.5, 0.6) is 0 Å². The highest BCUT2D eigenvalue weighted by molar-refractivity contribution is 5.93. The number of rotatable bonds is 2. The zero-order valence-electron chi connectivity index (χ0n) is 10.2. The molecule has 9 heteroatoms. The van der Waals surface area contributed by atoms with Crippen LogP contribution in [0.1, 0.15) is 5.56 Å². The smallest absolute Gasteiger partial charge is 0.223 e. The molecule has 9 nitrogen and oxygen atoms in total. The number of aliphatic imine (C=N–C) groups is 2. The van der Waals surface area contributed by atoms with Crippen molar-refractivity contribution in [3.63, 3.8) is 0 Å². The molecule has 0 saturated carbocycles. The summed E-state index contributed by atoms with van der Waals surface area (Å²) in [5.74, 6) is -0.160. The van der Waals surface area contributed by atoms with Crippen molar-refractivity contribution in [2.75, 3.05) is 0 Å². The molecule has 0 amide bonds. The highest BCUT2D eigenvalue weighted by Gasteiger charge is 2.03. The van der Waals surface area contributed by atoms with Crippen molar-refractivity contribution in [1.29, 1.82) is 0 Å². The Morgan fingerprint density at radius 2 is 2.05 bits per heavy atom. The number of hydrogen-bond acceptors (Lipinski definition) is 4. The predicted molar refractivity (Wildman–Crippen MR) is 71.0 cm³/mol. The second kappa shape index (κ2) is 5.12. The van der Waals surface area contributed by atoms with Crippen molar-refractivity contribution in [2.45, 2.75) is 6.92 Å². The average Bonchev–Trinajstić information content (AvgIpc) is 2.84. The van der Waals surface area contributed by atoms with Gasteiger partial charge in [0.15, 0.2) is 5.96 Å². The summed E-state index contributed by atoms with van der Waals surface area (Å²) < 4.78 is 1.51. The number of aromatic nitrogens is 4. The third-order valence-electron chi connectivity index (χ3n) is 2.28. The van der Waals surface area contributed by atoms with Crippen molar-refractivity contribution >= 4 is 17.6 Å². The van der Waals surface area contributed by atoms with E-state index < -0.39 is 0 Å². The predicted octanol–water partition coefficient (Wildman–Crippen LogP) is -0.810. The van der Waals surface area contributed by atoms with Gasteiger partial charge in [-0.25, -0.2) is 9.67 Å². The number of tetrazole rings is 1. The van der Waals surface area contributed by atoms with Crippen LogP contribution >= 0.6 is 0 Å². The minimum absolute atomic E-state index is 0.0167. The summed E-state index contributed by atoms with van der Waals surface area (Å²) in [6.07, 6.45) is 1.48. The minimum atomic E-state index is -0.143. The standard InChI is InChI=1S/C10H13N9/c1-6-2-3-7(19-5-14-17-18-19)4-8(6)15-10(13)16-9(11)12/h2-5H,1H3,(H6,11,12,13,15,16). The Hall–Kier alpha value is -2.97. The second-order valence-corrected chi connectivity index (χ2v) is 3.73. The van der Waals surface area contributed by atoms with Crippen LogP contribution in [0.2, 0.25) is 0 Å². The molecule has 1 heterocycles. The molecule has 0 aliphatic rings. The summed E-state index contributed by atoms with van der Waals surface area (Å²) in [5, 5.41) is 10.9. The molecule has 0 saturated heterocycles. The van der Waals surface area contributed by atoms with Crippen molar-refractivity contribution in [3.8, 4) is 5.69 Å². The van der Waals surface area contributed by atoms with Gasteiger partial charge in [0, 0.05) is 0 Å². The maximum absolute atomic E-state index is 5.60. The fourth-order valence-electron chi connectivity index (χ4n) is 1.42. The van der Waals surface area contributed by atoms with Crippen LogP contribution in [0.25, 0.3) is 5.69 Å². The van der Waals surface area contributed by atoms with Gasteiger partial charge in [0.05, 0.1) is 11.4 Å². The summed E-state index contributed by atoms with van der Waals surface area (Å²) in [7, 11) is 0. The molecule has 98 valence electrons. The summed E-state index contributed by atoms with van der Waals surface area (Å²) in [6.45, 7) is 1.89. The zero-order chi connectivity index (χ0) is 13.8. The average molecular weight is 259 g/mol. The van der Waals surface area contributed by atoms with Crippen LogP contribution in [-0.2, 0) is 0 Å². The van der Waals surface area contributed by atoms with Gasteiger partial charge >= 0.3 is 0 Å². The Morgan fingerprint density at radius 3 is 2.68 bits per heavy atom. The number of hydrogen-bond donors (Lipinski definition) is 3. The van der Waals surface area contributed by atoms with Gasteiger partial charge in [-0.2, -0.15) is 4.99 Å². The van der Waals surface area contributed by atoms with E-state index in [1.165, 1.54) is 11.0 Å². The Balaban J connectivity index is 2.41. The molecular weight excluding hydrogens is 246 g/mol. The molecule has 2 rings (SSSR count). The molecule has 0 atom stereocenters. The Kier molecular flexibility index (Phi) is 3.37. The van der Waals surface area contributed by atoms with Crippen molar-refractivity contribution < 1.29 is 0 Å². The lowest BCUT2D eigenvalue weighted by molar-refractivity contribution is 0.789. The summed E-state index contributed by atoms with van der Waals surface area (Å²) in [5.41, 5.74) is 18.4. The molecule has 0 aliphatic heterocycles. The van der Waals surface area contributed by atoms with E-state index in [4.69, 9.17) is 17.2 Å². The Bertz CT molecular complexity index is 622. The maximum Gasteiger partial charge on any atom is 0.223 e. The fourth-order valence-corrected chi connectivity index (χ4v) is 1.42. The normalized spacial score (nSPS) is 11.3. The van der Waals surface area contributed by atoms with E-state index in [2.05, 4.69) is 25.5 Å². The third-order valence-corrected chi connectivity index (χ3v) is 2.28. The van der Waals surface area contributed by atoms with Crippen molar-refractivity contribution in [3.05, 3.63) is 30.1 Å². The van der Waals surface area contributed by atoms with Crippen molar-refractivity contribution in [2.24, 2.45) is 27.2 Å². The third kappa shape index (κ3) is 3.03. The topological polar surface area (TPSA) is 146 Å². The van der Waals surface area contributed by atoms with Crippen LogP contribution in [-0.4, -0.2) is 32.1 Å². The first-order valence-corrected chi connectivity index (χ1v) is 5.34. The summed E-state index contributed by atoms with van der Waals surface area (Å²) in [6, 6.07) is 5.51. The van der Waals surface area contributed by atoms with E-state index in [0.717, 1.165) is 11.3 Å². The van der Waals surface area contributed by atoms with E-state index in [0.29, 0.717) is 5.69 Å². The second-order valence-electron chi connectivity index (χ2n) is 3.73. The van der Waals surface area contributed by atoms with Gasteiger partial charge in [-0.3, -0.25) is 0 Å². The SMILES string of the molecule is Cc1ccc(-n2cnnn2)cc1N=C(N)N=C(N)N. The van der Waals surface area contributed by atoms with Crippen LogP contribution < -0.4 is 17.2 Å². The van der Waals surface area contributed by atoms with Gasteiger partial charge in [-0.1, -0.05) is 6.07 Å². The molecule has 0 unspecified atom stereocenters. The van der Waals surface area contributed by atoms with Crippen LogP contribution in [0.4, 0.5) is 5.69 Å². The van der Waals surface area contributed by atoms with Crippen LogP contribution in [0, 0.1) is 6.92 Å². The molecule has 6 N–H and O–H groups in total. The lowest BCUT2D eigenvalue weighted by atomic mass is 10.2.